The molecule has 0 saturated carbocycles. The predicted molar refractivity (Wildman–Crippen MR) is 117 cm³/mol. The zero-order valence-electron chi connectivity index (χ0n) is 17.0. The monoisotopic (exact) mass is 424 g/mol. The Bertz CT molecular complexity index is 1030. The number of hydrogen-bond donors (Lipinski definition) is 1. The number of ether oxygens (including phenoxy) is 2. The summed E-state index contributed by atoms with van der Waals surface area (Å²) in [5.74, 6) is 0.285. The molecule has 2 aromatic heterocycles. The van der Waals surface area contributed by atoms with Crippen LogP contribution in [0.2, 0.25) is 0 Å². The quantitative estimate of drug-likeness (QED) is 0.357. The molecule has 3 heterocycles. The molecule has 0 radical (unpaired) electrons. The lowest BCUT2D eigenvalue weighted by Gasteiger charge is -2.24. The fourth-order valence-corrected chi connectivity index (χ4v) is 3.70. The molecule has 2 atom stereocenters. The normalized spacial score (nSPS) is 17.5. The Morgan fingerprint density at radius 1 is 1.30 bits per heavy atom. The van der Waals surface area contributed by atoms with Gasteiger partial charge in [-0.15, -0.1) is 0 Å². The first-order valence-electron chi connectivity index (χ1n) is 9.96. The second-order valence-electron chi connectivity index (χ2n) is 7.16. The molecule has 4 rings (SSSR count). The summed E-state index contributed by atoms with van der Waals surface area (Å²) in [6.07, 6.45) is 5.22. The topological polar surface area (TPSA) is 86.2 Å². The summed E-state index contributed by atoms with van der Waals surface area (Å²) >= 11 is 1.48. The van der Waals surface area contributed by atoms with E-state index in [0.29, 0.717) is 28.8 Å². The van der Waals surface area contributed by atoms with E-state index in [0.717, 1.165) is 30.4 Å². The van der Waals surface area contributed by atoms with E-state index in [4.69, 9.17) is 14.5 Å². The van der Waals surface area contributed by atoms with Crippen LogP contribution in [0.15, 0.2) is 47.8 Å². The molecule has 1 fully saturated rings. The third kappa shape index (κ3) is 4.71. The molecule has 1 saturated heterocycles. The van der Waals surface area contributed by atoms with Crippen LogP contribution in [0.25, 0.3) is 10.9 Å². The van der Waals surface area contributed by atoms with E-state index in [2.05, 4.69) is 15.3 Å². The summed E-state index contributed by atoms with van der Waals surface area (Å²) in [5, 5.41) is 5.01. The van der Waals surface area contributed by atoms with Gasteiger partial charge in [0.1, 0.15) is 11.6 Å². The van der Waals surface area contributed by atoms with Crippen LogP contribution >= 0.6 is 11.8 Å². The van der Waals surface area contributed by atoms with Gasteiger partial charge < -0.3 is 14.8 Å². The van der Waals surface area contributed by atoms with Crippen molar-refractivity contribution in [3.05, 3.63) is 53.9 Å². The average Bonchev–Trinajstić information content (AvgIpc) is 2.80. The summed E-state index contributed by atoms with van der Waals surface area (Å²) < 4.78 is 11.3. The molecular weight excluding hydrogens is 400 g/mol. The van der Waals surface area contributed by atoms with Crippen LogP contribution in [-0.2, 0) is 9.47 Å². The molecule has 1 aliphatic heterocycles. The number of rotatable bonds is 6. The van der Waals surface area contributed by atoms with Gasteiger partial charge >= 0.3 is 5.97 Å². The molecule has 1 N–H and O–H groups in total. The zero-order chi connectivity index (χ0) is 20.9. The first-order valence-corrected chi connectivity index (χ1v) is 11.2. The fourth-order valence-electron chi connectivity index (χ4n) is 3.36. The summed E-state index contributed by atoms with van der Waals surface area (Å²) in [5.41, 5.74) is 1.91. The van der Waals surface area contributed by atoms with Crippen molar-refractivity contribution >= 4 is 34.5 Å². The van der Waals surface area contributed by atoms with Crippen LogP contribution in [0.1, 0.15) is 41.9 Å². The van der Waals surface area contributed by atoms with Gasteiger partial charge in [-0.05, 0) is 44.2 Å². The first-order chi connectivity index (χ1) is 14.6. The molecule has 1 aromatic carbocycles. The number of carbonyl (C=O) groups is 1. The van der Waals surface area contributed by atoms with Gasteiger partial charge in [-0.25, -0.2) is 19.7 Å². The number of hydrogen-bond acceptors (Lipinski definition) is 8. The van der Waals surface area contributed by atoms with Crippen LogP contribution in [0.5, 0.6) is 0 Å². The fraction of sp³-hybridized carbons (Fsp3) is 0.364. The van der Waals surface area contributed by atoms with Crippen molar-refractivity contribution in [2.75, 3.05) is 24.8 Å². The van der Waals surface area contributed by atoms with E-state index in [1.165, 1.54) is 11.8 Å². The lowest BCUT2D eigenvalue weighted by atomic mass is 10.1. The SMILES string of the molecule is CSc1ncc2cc([C@@H](C)OC(=O)c3ccccc3)nc(N[C@H]3CCCOC3)c2n1. The number of carbonyl (C=O) groups excluding carboxylic acids is 1. The molecular formula is C22H24N4O3S. The third-order valence-corrected chi connectivity index (χ3v) is 5.52. The largest absolute Gasteiger partial charge is 0.453 e. The Morgan fingerprint density at radius 3 is 2.87 bits per heavy atom. The number of benzene rings is 1. The van der Waals surface area contributed by atoms with Gasteiger partial charge in [-0.1, -0.05) is 30.0 Å². The summed E-state index contributed by atoms with van der Waals surface area (Å²) in [7, 11) is 0. The molecule has 156 valence electrons. The zero-order valence-corrected chi connectivity index (χ0v) is 17.8. The summed E-state index contributed by atoms with van der Waals surface area (Å²) in [4.78, 5) is 26.3. The number of anilines is 1. The minimum atomic E-state index is -0.523. The average molecular weight is 425 g/mol. The molecule has 0 spiro atoms. The maximum Gasteiger partial charge on any atom is 0.338 e. The number of thioether (sulfide) groups is 1. The molecule has 0 unspecified atom stereocenters. The number of fused-ring (bicyclic) bond motifs is 1. The lowest BCUT2D eigenvalue weighted by Crippen LogP contribution is -2.30. The standard InChI is InChI=1S/C22H24N4O3S/c1-14(29-21(27)15-7-4-3-5-8-15)18-11-16-12-23-22(30-2)26-19(16)20(25-18)24-17-9-6-10-28-13-17/h3-5,7-8,11-12,14,17H,6,9-10,13H2,1-2H3,(H,24,25)/t14-,17+/m1/s1. The molecule has 0 aliphatic carbocycles. The van der Waals surface area contributed by atoms with Gasteiger partial charge in [-0.2, -0.15) is 0 Å². The maximum absolute atomic E-state index is 12.5. The molecule has 3 aromatic rings. The Kier molecular flexibility index (Phi) is 6.44. The van der Waals surface area contributed by atoms with Crippen LogP contribution in [-0.4, -0.2) is 46.4 Å². The summed E-state index contributed by atoms with van der Waals surface area (Å²) in [6.45, 7) is 3.24. The molecule has 0 amide bonds. The Morgan fingerprint density at radius 2 is 2.13 bits per heavy atom. The summed E-state index contributed by atoms with van der Waals surface area (Å²) in [6, 6.07) is 11.0. The number of esters is 1. The minimum Gasteiger partial charge on any atom is -0.453 e. The Hall–Kier alpha value is -2.71. The number of nitrogens with one attached hydrogen (secondary N) is 1. The van der Waals surface area contributed by atoms with Gasteiger partial charge in [0.05, 0.1) is 23.9 Å². The van der Waals surface area contributed by atoms with Gasteiger partial charge in [0.25, 0.3) is 0 Å². The Labute approximate surface area is 179 Å². The lowest BCUT2D eigenvalue weighted by molar-refractivity contribution is 0.0330. The van der Waals surface area contributed by atoms with Crippen LogP contribution in [0.3, 0.4) is 0 Å². The number of pyridine rings is 1. The van der Waals surface area contributed by atoms with Crippen LogP contribution in [0, 0.1) is 0 Å². The van der Waals surface area contributed by atoms with Crippen molar-refractivity contribution in [3.8, 4) is 0 Å². The van der Waals surface area contributed by atoms with E-state index in [-0.39, 0.29) is 12.0 Å². The van der Waals surface area contributed by atoms with E-state index in [9.17, 15) is 4.79 Å². The third-order valence-electron chi connectivity index (χ3n) is 4.96. The smallest absolute Gasteiger partial charge is 0.338 e. The molecule has 0 bridgehead atoms. The van der Waals surface area contributed by atoms with Crippen molar-refractivity contribution < 1.29 is 14.3 Å². The van der Waals surface area contributed by atoms with Gasteiger partial charge in [0, 0.05) is 18.2 Å². The highest BCUT2D eigenvalue weighted by Crippen LogP contribution is 2.28. The van der Waals surface area contributed by atoms with Gasteiger partial charge in [0.2, 0.25) is 0 Å². The van der Waals surface area contributed by atoms with Gasteiger partial charge in [0.15, 0.2) is 11.0 Å². The van der Waals surface area contributed by atoms with E-state index < -0.39 is 6.10 Å². The van der Waals surface area contributed by atoms with E-state index in [1.54, 1.807) is 18.3 Å². The number of nitrogens with zero attached hydrogens (tertiary/aromatic N) is 3. The molecule has 7 nitrogen and oxygen atoms in total. The second kappa shape index (κ2) is 9.40. The van der Waals surface area contributed by atoms with Crippen molar-refractivity contribution in [3.63, 3.8) is 0 Å². The first kappa shape index (κ1) is 20.6. The van der Waals surface area contributed by atoms with Crippen molar-refractivity contribution in [2.45, 2.75) is 37.1 Å². The Balaban J connectivity index is 1.64. The molecule has 8 heteroatoms. The van der Waals surface area contributed by atoms with Crippen molar-refractivity contribution in [1.82, 2.24) is 15.0 Å². The van der Waals surface area contributed by atoms with Crippen molar-refractivity contribution in [2.24, 2.45) is 0 Å². The highest BCUT2D eigenvalue weighted by Gasteiger charge is 2.20. The second-order valence-corrected chi connectivity index (χ2v) is 7.94. The highest BCUT2D eigenvalue weighted by molar-refractivity contribution is 7.98. The maximum atomic E-state index is 12.5. The van der Waals surface area contributed by atoms with E-state index in [1.807, 2.05) is 37.4 Å². The molecule has 1 aliphatic rings. The van der Waals surface area contributed by atoms with Crippen LogP contribution < -0.4 is 5.32 Å². The van der Waals surface area contributed by atoms with Gasteiger partial charge in [-0.3, -0.25) is 0 Å². The molecule has 30 heavy (non-hydrogen) atoms. The highest BCUT2D eigenvalue weighted by atomic mass is 32.2. The minimum absolute atomic E-state index is 0.166. The van der Waals surface area contributed by atoms with Crippen LogP contribution in [0.4, 0.5) is 5.82 Å². The predicted octanol–water partition coefficient (Wildman–Crippen LogP) is 4.26. The number of aromatic nitrogens is 3. The van der Waals surface area contributed by atoms with Crippen molar-refractivity contribution in [1.29, 1.82) is 0 Å². The van der Waals surface area contributed by atoms with E-state index >= 15 is 0 Å².